The first-order valence-electron chi connectivity index (χ1n) is 6.89. The highest BCUT2D eigenvalue weighted by Gasteiger charge is 2.31. The van der Waals surface area contributed by atoms with Gasteiger partial charge in [-0.05, 0) is 18.8 Å². The Hall–Kier alpha value is -1.59. The molecule has 1 aliphatic carbocycles. The smallest absolute Gasteiger partial charge is 0.232 e. The van der Waals surface area contributed by atoms with Gasteiger partial charge in [0, 0.05) is 33.7 Å². The van der Waals surface area contributed by atoms with E-state index in [1.54, 1.807) is 0 Å². The summed E-state index contributed by atoms with van der Waals surface area (Å²) in [6, 6.07) is 0.601. The number of rotatable bonds is 6. The molecule has 0 aliphatic heterocycles. The van der Waals surface area contributed by atoms with Gasteiger partial charge in [-0.15, -0.1) is 0 Å². The zero-order chi connectivity index (χ0) is 14.0. The van der Waals surface area contributed by atoms with Crippen molar-refractivity contribution in [1.82, 2.24) is 15.0 Å². The van der Waals surface area contributed by atoms with Crippen LogP contribution in [0.15, 0.2) is 0 Å². The lowest BCUT2D eigenvalue weighted by Crippen LogP contribution is -2.32. The minimum Gasteiger partial charge on any atom is -0.357 e. The summed E-state index contributed by atoms with van der Waals surface area (Å²) >= 11 is 0. The third-order valence-corrected chi connectivity index (χ3v) is 3.04. The van der Waals surface area contributed by atoms with Crippen LogP contribution in [0, 0.1) is 5.92 Å². The highest BCUT2D eigenvalue weighted by molar-refractivity contribution is 5.45. The van der Waals surface area contributed by atoms with Crippen LogP contribution < -0.4 is 15.1 Å². The number of nitrogens with zero attached hydrogens (tertiary/aromatic N) is 5. The molecule has 2 rings (SSSR count). The molecular weight excluding hydrogens is 240 g/mol. The molecule has 1 aromatic heterocycles. The molecule has 1 aromatic rings. The van der Waals surface area contributed by atoms with Crippen LogP contribution in [0.2, 0.25) is 0 Å². The Kier molecular flexibility index (Phi) is 4.07. The van der Waals surface area contributed by atoms with Crippen molar-refractivity contribution in [2.24, 2.45) is 5.92 Å². The summed E-state index contributed by atoms with van der Waals surface area (Å²) in [5.41, 5.74) is 0. The van der Waals surface area contributed by atoms with E-state index in [0.717, 1.165) is 12.5 Å². The monoisotopic (exact) mass is 264 g/mol. The molecule has 0 aromatic carbocycles. The van der Waals surface area contributed by atoms with E-state index in [2.05, 4.69) is 39.0 Å². The number of hydrogen-bond acceptors (Lipinski definition) is 6. The average Bonchev–Trinajstić information content (AvgIpc) is 3.19. The van der Waals surface area contributed by atoms with E-state index in [4.69, 9.17) is 0 Å². The van der Waals surface area contributed by atoms with Crippen LogP contribution in [0.1, 0.15) is 26.7 Å². The molecule has 0 atom stereocenters. The number of anilines is 3. The minimum atomic E-state index is 0.596. The van der Waals surface area contributed by atoms with Crippen molar-refractivity contribution in [2.75, 3.05) is 42.8 Å². The second-order valence-corrected chi connectivity index (χ2v) is 5.68. The molecule has 0 radical (unpaired) electrons. The molecule has 1 N–H and O–H groups in total. The van der Waals surface area contributed by atoms with Gasteiger partial charge in [0.1, 0.15) is 0 Å². The van der Waals surface area contributed by atoms with Gasteiger partial charge in [0.05, 0.1) is 0 Å². The van der Waals surface area contributed by atoms with Crippen LogP contribution in [0.5, 0.6) is 0 Å². The van der Waals surface area contributed by atoms with Gasteiger partial charge in [0.2, 0.25) is 17.8 Å². The Labute approximate surface area is 115 Å². The fourth-order valence-corrected chi connectivity index (χ4v) is 1.97. The normalized spacial score (nSPS) is 14.6. The van der Waals surface area contributed by atoms with Gasteiger partial charge in [0.15, 0.2) is 0 Å². The number of nitrogens with one attached hydrogen (secondary N) is 1. The Morgan fingerprint density at radius 1 is 1.16 bits per heavy atom. The fourth-order valence-electron chi connectivity index (χ4n) is 1.97. The van der Waals surface area contributed by atoms with E-state index in [1.165, 1.54) is 12.8 Å². The first-order chi connectivity index (χ1) is 9.01. The maximum Gasteiger partial charge on any atom is 0.232 e. The van der Waals surface area contributed by atoms with Crippen molar-refractivity contribution in [3.05, 3.63) is 0 Å². The number of hydrogen-bond donors (Lipinski definition) is 1. The first kappa shape index (κ1) is 13.8. The predicted octanol–water partition coefficient (Wildman–Crippen LogP) is 1.60. The van der Waals surface area contributed by atoms with Gasteiger partial charge in [-0.2, -0.15) is 15.0 Å². The van der Waals surface area contributed by atoms with Crippen LogP contribution in [-0.4, -0.2) is 48.7 Å². The van der Waals surface area contributed by atoms with Crippen molar-refractivity contribution < 1.29 is 0 Å². The van der Waals surface area contributed by atoms with Crippen molar-refractivity contribution >= 4 is 17.8 Å². The van der Waals surface area contributed by atoms with Crippen LogP contribution >= 0.6 is 0 Å². The molecule has 1 saturated carbocycles. The van der Waals surface area contributed by atoms with Crippen molar-refractivity contribution in [2.45, 2.75) is 32.7 Å². The second-order valence-electron chi connectivity index (χ2n) is 5.68. The molecular formula is C13H24N6. The molecule has 6 heteroatoms. The summed E-state index contributed by atoms with van der Waals surface area (Å²) < 4.78 is 0. The SMILES string of the molecule is CNc1nc(N(C)C)nc(N(CC(C)C)C2CC2)n1. The predicted molar refractivity (Wildman–Crippen MR) is 78.9 cm³/mol. The van der Waals surface area contributed by atoms with Crippen LogP contribution in [0.4, 0.5) is 17.8 Å². The van der Waals surface area contributed by atoms with Crippen molar-refractivity contribution in [3.63, 3.8) is 0 Å². The van der Waals surface area contributed by atoms with E-state index in [9.17, 15) is 0 Å². The lowest BCUT2D eigenvalue weighted by atomic mass is 10.2. The third-order valence-electron chi connectivity index (χ3n) is 3.04. The molecule has 0 amide bonds. The molecule has 106 valence electrons. The third kappa shape index (κ3) is 3.45. The van der Waals surface area contributed by atoms with E-state index in [0.29, 0.717) is 23.9 Å². The van der Waals surface area contributed by atoms with Crippen LogP contribution in [0.25, 0.3) is 0 Å². The van der Waals surface area contributed by atoms with E-state index >= 15 is 0 Å². The Bertz CT molecular complexity index is 427. The van der Waals surface area contributed by atoms with Gasteiger partial charge in [-0.25, -0.2) is 0 Å². The van der Waals surface area contributed by atoms with Gasteiger partial charge in [-0.1, -0.05) is 13.8 Å². The molecule has 19 heavy (non-hydrogen) atoms. The molecule has 1 fully saturated rings. The summed E-state index contributed by atoms with van der Waals surface area (Å²) in [5, 5.41) is 3.01. The zero-order valence-corrected chi connectivity index (χ0v) is 12.5. The first-order valence-corrected chi connectivity index (χ1v) is 6.89. The molecule has 6 nitrogen and oxygen atoms in total. The standard InChI is InChI=1S/C13H24N6/c1-9(2)8-19(10-6-7-10)13-16-11(14-3)15-12(17-13)18(4)5/h9-10H,6-8H2,1-5H3,(H,14,15,16,17). The quantitative estimate of drug-likeness (QED) is 0.842. The lowest BCUT2D eigenvalue weighted by molar-refractivity contribution is 0.596. The lowest BCUT2D eigenvalue weighted by Gasteiger charge is -2.25. The highest BCUT2D eigenvalue weighted by atomic mass is 15.4. The van der Waals surface area contributed by atoms with Gasteiger partial charge < -0.3 is 15.1 Å². The van der Waals surface area contributed by atoms with E-state index in [1.807, 2.05) is 26.0 Å². The maximum atomic E-state index is 4.59. The maximum absolute atomic E-state index is 4.59. The molecule has 0 spiro atoms. The Morgan fingerprint density at radius 2 is 1.79 bits per heavy atom. The summed E-state index contributed by atoms with van der Waals surface area (Å²) in [6.07, 6.45) is 2.48. The minimum absolute atomic E-state index is 0.596. The van der Waals surface area contributed by atoms with E-state index in [-0.39, 0.29) is 0 Å². The summed E-state index contributed by atoms with van der Waals surface area (Å²) in [5.74, 6) is 2.71. The highest BCUT2D eigenvalue weighted by Crippen LogP contribution is 2.31. The summed E-state index contributed by atoms with van der Waals surface area (Å²) in [4.78, 5) is 17.7. The zero-order valence-electron chi connectivity index (χ0n) is 12.5. The van der Waals surface area contributed by atoms with Gasteiger partial charge in [-0.3, -0.25) is 0 Å². The Balaban J connectivity index is 2.32. The van der Waals surface area contributed by atoms with Crippen molar-refractivity contribution in [3.8, 4) is 0 Å². The Morgan fingerprint density at radius 3 is 2.26 bits per heavy atom. The fraction of sp³-hybridized carbons (Fsp3) is 0.769. The summed E-state index contributed by atoms with van der Waals surface area (Å²) in [7, 11) is 5.73. The average molecular weight is 264 g/mol. The summed E-state index contributed by atoms with van der Waals surface area (Å²) in [6.45, 7) is 5.44. The van der Waals surface area contributed by atoms with Crippen LogP contribution in [0.3, 0.4) is 0 Å². The molecule has 0 bridgehead atoms. The molecule has 0 unspecified atom stereocenters. The van der Waals surface area contributed by atoms with E-state index < -0.39 is 0 Å². The largest absolute Gasteiger partial charge is 0.357 e. The number of aromatic nitrogens is 3. The van der Waals surface area contributed by atoms with Gasteiger partial charge >= 0.3 is 0 Å². The molecule has 1 aliphatic rings. The van der Waals surface area contributed by atoms with Crippen molar-refractivity contribution in [1.29, 1.82) is 0 Å². The molecule has 0 saturated heterocycles. The van der Waals surface area contributed by atoms with Gasteiger partial charge in [0.25, 0.3) is 0 Å². The molecule has 1 heterocycles. The van der Waals surface area contributed by atoms with Crippen LogP contribution in [-0.2, 0) is 0 Å². The topological polar surface area (TPSA) is 57.2 Å². The second kappa shape index (κ2) is 5.59.